The molecule has 0 N–H and O–H groups in total. The average molecular weight is 422 g/mol. The Kier molecular flexibility index (Phi) is 6.62. The quantitative estimate of drug-likeness (QED) is 0.739. The number of halogens is 1. The van der Waals surface area contributed by atoms with Gasteiger partial charge in [-0.2, -0.15) is 0 Å². The van der Waals surface area contributed by atoms with Crippen LogP contribution in [-0.2, 0) is 4.74 Å². The number of aliphatic imine (C=N–C) groups is 1. The Hall–Kier alpha value is -2.35. The molecule has 1 aromatic rings. The van der Waals surface area contributed by atoms with Gasteiger partial charge < -0.3 is 19.3 Å². The first-order valence-corrected chi connectivity index (χ1v) is 10.2. The largest absolute Gasteiger partial charge is 0.474 e. The number of hydrogen-bond acceptors (Lipinski definition) is 6. The van der Waals surface area contributed by atoms with Crippen molar-refractivity contribution in [3.63, 3.8) is 0 Å². The number of likely N-dealkylation sites (N-methyl/N-ethyl adjacent to an activating group) is 1. The predicted molar refractivity (Wildman–Crippen MR) is 112 cm³/mol. The molecule has 0 atom stereocenters. The zero-order valence-electron chi connectivity index (χ0n) is 17.4. The van der Waals surface area contributed by atoms with E-state index in [9.17, 15) is 4.79 Å². The van der Waals surface area contributed by atoms with Crippen molar-refractivity contribution in [1.82, 2.24) is 19.8 Å². The molecule has 0 bridgehead atoms. The maximum absolute atomic E-state index is 12.2. The van der Waals surface area contributed by atoms with Crippen molar-refractivity contribution in [3.8, 4) is 5.88 Å². The molecule has 1 amide bonds. The molecule has 1 saturated heterocycles. The van der Waals surface area contributed by atoms with Gasteiger partial charge in [-0.3, -0.25) is 0 Å². The van der Waals surface area contributed by atoms with E-state index in [-0.39, 0.29) is 12.2 Å². The number of ether oxygens (including phenoxy) is 2. The van der Waals surface area contributed by atoms with Gasteiger partial charge in [-0.1, -0.05) is 17.7 Å². The Balaban J connectivity index is 1.56. The maximum atomic E-state index is 12.2. The lowest BCUT2D eigenvalue weighted by molar-refractivity contribution is 0.0123. The van der Waals surface area contributed by atoms with Crippen molar-refractivity contribution < 1.29 is 14.3 Å². The fourth-order valence-corrected chi connectivity index (χ4v) is 3.37. The summed E-state index contributed by atoms with van der Waals surface area (Å²) in [6.45, 7) is 7.44. The first-order valence-electron chi connectivity index (χ1n) is 9.79. The molecule has 29 heavy (non-hydrogen) atoms. The maximum Gasteiger partial charge on any atom is 0.410 e. The van der Waals surface area contributed by atoms with E-state index < -0.39 is 5.60 Å². The summed E-state index contributed by atoms with van der Waals surface area (Å²) in [7, 11) is 1.95. The molecule has 2 aliphatic rings. The van der Waals surface area contributed by atoms with Gasteiger partial charge in [-0.25, -0.2) is 19.8 Å². The van der Waals surface area contributed by atoms with Crippen molar-refractivity contribution in [3.05, 3.63) is 23.5 Å². The Morgan fingerprint density at radius 2 is 2.00 bits per heavy atom. The number of aromatic nitrogens is 2. The van der Waals surface area contributed by atoms with Gasteiger partial charge in [0.2, 0.25) is 5.88 Å². The van der Waals surface area contributed by atoms with Gasteiger partial charge in [0.1, 0.15) is 23.9 Å². The fraction of sp³-hybridized carbons (Fsp3) is 0.600. The highest BCUT2D eigenvalue weighted by Crippen LogP contribution is 2.22. The molecule has 3 heterocycles. The molecule has 0 aliphatic carbocycles. The number of amides is 1. The highest BCUT2D eigenvalue weighted by atomic mass is 35.5. The van der Waals surface area contributed by atoms with Gasteiger partial charge in [0, 0.05) is 50.5 Å². The molecule has 9 heteroatoms. The lowest BCUT2D eigenvalue weighted by atomic mass is 10.1. The average Bonchev–Trinajstić information content (AvgIpc) is 2.64. The molecule has 1 aromatic heterocycles. The number of likely N-dealkylation sites (tertiary alicyclic amines) is 1. The van der Waals surface area contributed by atoms with Crippen LogP contribution < -0.4 is 4.74 Å². The summed E-state index contributed by atoms with van der Waals surface area (Å²) >= 11 is 6.06. The number of carbonyl (C=O) groups is 1. The van der Waals surface area contributed by atoms with Crippen LogP contribution in [0.25, 0.3) is 0 Å². The standard InChI is InChI=1S/C20H28ClN5O3/c1-20(2,3)29-19(27)26-9-7-15(8-10-26)28-18-11-16(22-13-23-18)24-17-6-5-14(21)12-25(17)4/h5,11,13,15H,6-10,12H2,1-4H3. The molecule has 2 aliphatic heterocycles. The van der Waals surface area contributed by atoms with Crippen LogP contribution in [0, 0.1) is 0 Å². The van der Waals surface area contributed by atoms with E-state index in [4.69, 9.17) is 21.1 Å². The van der Waals surface area contributed by atoms with Gasteiger partial charge in [-0.05, 0) is 20.8 Å². The van der Waals surface area contributed by atoms with Crippen LogP contribution in [0.5, 0.6) is 5.88 Å². The molecule has 0 spiro atoms. The molecule has 0 saturated carbocycles. The van der Waals surface area contributed by atoms with E-state index in [1.54, 1.807) is 11.0 Å². The summed E-state index contributed by atoms with van der Waals surface area (Å²) in [5.74, 6) is 1.93. The number of amidine groups is 1. The van der Waals surface area contributed by atoms with Crippen LogP contribution in [0.3, 0.4) is 0 Å². The fourth-order valence-electron chi connectivity index (χ4n) is 3.11. The second kappa shape index (κ2) is 8.98. The van der Waals surface area contributed by atoms with Crippen molar-refractivity contribution in [2.24, 2.45) is 4.99 Å². The topological polar surface area (TPSA) is 80.2 Å². The van der Waals surface area contributed by atoms with E-state index in [0.717, 1.165) is 23.7 Å². The third kappa shape index (κ3) is 6.32. The highest BCUT2D eigenvalue weighted by molar-refractivity contribution is 6.30. The van der Waals surface area contributed by atoms with Crippen LogP contribution in [0.15, 0.2) is 28.5 Å². The van der Waals surface area contributed by atoms with Crippen molar-refractivity contribution in [2.45, 2.75) is 51.7 Å². The van der Waals surface area contributed by atoms with Crippen molar-refractivity contribution in [2.75, 3.05) is 26.7 Å². The lowest BCUT2D eigenvalue weighted by Crippen LogP contribution is -2.44. The summed E-state index contributed by atoms with van der Waals surface area (Å²) < 4.78 is 11.4. The van der Waals surface area contributed by atoms with Crippen LogP contribution in [0.4, 0.5) is 10.6 Å². The van der Waals surface area contributed by atoms with Crippen molar-refractivity contribution >= 4 is 29.3 Å². The Labute approximate surface area is 176 Å². The number of rotatable bonds is 3. The van der Waals surface area contributed by atoms with E-state index in [2.05, 4.69) is 15.0 Å². The van der Waals surface area contributed by atoms with Crippen LogP contribution in [-0.4, -0.2) is 70.1 Å². The smallest absolute Gasteiger partial charge is 0.410 e. The number of hydrogen-bond donors (Lipinski definition) is 0. The van der Waals surface area contributed by atoms with Gasteiger partial charge in [-0.15, -0.1) is 0 Å². The summed E-state index contributed by atoms with van der Waals surface area (Å²) in [6.07, 6.45) is 5.23. The molecule has 8 nitrogen and oxygen atoms in total. The zero-order valence-corrected chi connectivity index (χ0v) is 18.1. The van der Waals surface area contributed by atoms with Gasteiger partial charge in [0.25, 0.3) is 0 Å². The van der Waals surface area contributed by atoms with E-state index in [1.165, 1.54) is 6.33 Å². The molecule has 158 valence electrons. The van der Waals surface area contributed by atoms with E-state index in [0.29, 0.717) is 37.8 Å². The molecule has 1 fully saturated rings. The molecule has 0 aromatic carbocycles. The van der Waals surface area contributed by atoms with Crippen LogP contribution in [0.1, 0.15) is 40.0 Å². The predicted octanol–water partition coefficient (Wildman–Crippen LogP) is 3.74. The SMILES string of the molecule is CN1CC(Cl)=CCC1=Nc1cc(OC2CCN(C(=O)OC(C)(C)C)CC2)ncn1. The van der Waals surface area contributed by atoms with Crippen LogP contribution in [0.2, 0.25) is 0 Å². The van der Waals surface area contributed by atoms with Gasteiger partial charge >= 0.3 is 6.09 Å². The minimum Gasteiger partial charge on any atom is -0.474 e. The normalized spacial score (nSPS) is 19.9. The van der Waals surface area contributed by atoms with Gasteiger partial charge in [0.15, 0.2) is 5.82 Å². The Morgan fingerprint density at radius 1 is 1.28 bits per heavy atom. The molecule has 3 rings (SSSR count). The number of nitrogens with zero attached hydrogens (tertiary/aromatic N) is 5. The van der Waals surface area contributed by atoms with E-state index in [1.807, 2.05) is 38.8 Å². The molecular formula is C20H28ClN5O3. The summed E-state index contributed by atoms with van der Waals surface area (Å²) in [4.78, 5) is 28.9. The second-order valence-corrected chi connectivity index (χ2v) is 8.72. The number of carbonyl (C=O) groups excluding carboxylic acids is 1. The number of piperidine rings is 1. The van der Waals surface area contributed by atoms with Crippen molar-refractivity contribution in [1.29, 1.82) is 0 Å². The summed E-state index contributed by atoms with van der Waals surface area (Å²) in [5.41, 5.74) is -0.489. The molecule has 0 radical (unpaired) electrons. The minimum absolute atomic E-state index is 0.0109. The van der Waals surface area contributed by atoms with Gasteiger partial charge in [0.05, 0.1) is 6.54 Å². The first-order chi connectivity index (χ1) is 13.7. The lowest BCUT2D eigenvalue weighted by Gasteiger charge is -2.33. The summed E-state index contributed by atoms with van der Waals surface area (Å²) in [5, 5.41) is 0.816. The molecular weight excluding hydrogens is 394 g/mol. The Morgan fingerprint density at radius 3 is 2.66 bits per heavy atom. The highest BCUT2D eigenvalue weighted by Gasteiger charge is 2.27. The molecule has 0 unspecified atom stereocenters. The van der Waals surface area contributed by atoms with Crippen LogP contribution >= 0.6 is 11.6 Å². The van der Waals surface area contributed by atoms with E-state index >= 15 is 0 Å². The second-order valence-electron chi connectivity index (χ2n) is 8.24. The Bertz CT molecular complexity index is 798. The monoisotopic (exact) mass is 421 g/mol. The third-order valence-electron chi connectivity index (χ3n) is 4.59. The zero-order chi connectivity index (χ0) is 21.0. The third-order valence-corrected chi connectivity index (χ3v) is 4.86. The summed E-state index contributed by atoms with van der Waals surface area (Å²) in [6, 6.07) is 1.74. The minimum atomic E-state index is -0.489. The first kappa shape index (κ1) is 21.4.